The maximum absolute atomic E-state index is 12.1. The van der Waals surface area contributed by atoms with E-state index in [0.29, 0.717) is 0 Å². The minimum absolute atomic E-state index is 0.625. The molecule has 0 aromatic heterocycles. The molecule has 0 nitrogen and oxygen atoms in total. The molecular formula is C8H14F2. The number of allylic oxidation sites excluding steroid dienone is 2. The molecule has 0 aliphatic rings. The lowest BCUT2D eigenvalue weighted by atomic mass is 9.94. The van der Waals surface area contributed by atoms with Crippen molar-refractivity contribution >= 4 is 0 Å². The molecule has 60 valence electrons. The zero-order chi connectivity index (χ0) is 8.04. The van der Waals surface area contributed by atoms with Crippen LogP contribution in [0.2, 0.25) is 0 Å². The van der Waals surface area contributed by atoms with Gasteiger partial charge in [-0.3, -0.25) is 8.78 Å². The number of halogens is 2. The summed E-state index contributed by atoms with van der Waals surface area (Å²) in [6.45, 7) is 2.26. The summed E-state index contributed by atoms with van der Waals surface area (Å²) in [5.74, 6) is 0. The highest BCUT2D eigenvalue weighted by atomic mass is 19.1. The van der Waals surface area contributed by atoms with Crippen LogP contribution in [0.4, 0.5) is 8.78 Å². The first-order valence-electron chi connectivity index (χ1n) is 3.48. The van der Waals surface area contributed by atoms with E-state index in [1.165, 1.54) is 0 Å². The van der Waals surface area contributed by atoms with E-state index in [0.717, 1.165) is 6.42 Å². The van der Waals surface area contributed by atoms with Crippen LogP contribution in [0.1, 0.15) is 20.3 Å². The van der Waals surface area contributed by atoms with Crippen molar-refractivity contribution in [1.82, 2.24) is 0 Å². The Morgan fingerprint density at radius 3 is 2.10 bits per heavy atom. The molecule has 0 spiro atoms. The molecule has 0 N–H and O–H groups in total. The molecule has 10 heavy (non-hydrogen) atoms. The van der Waals surface area contributed by atoms with Crippen molar-refractivity contribution in [1.29, 1.82) is 0 Å². The van der Waals surface area contributed by atoms with E-state index in [1.54, 1.807) is 19.1 Å². The molecular weight excluding hydrogens is 134 g/mol. The van der Waals surface area contributed by atoms with Crippen LogP contribution in [0.25, 0.3) is 0 Å². The van der Waals surface area contributed by atoms with Gasteiger partial charge in [-0.05, 0) is 6.42 Å². The number of rotatable bonds is 4. The Balaban J connectivity index is 3.92. The molecule has 0 radical (unpaired) electrons. The lowest BCUT2D eigenvalue weighted by Gasteiger charge is -2.16. The Labute approximate surface area is 60.9 Å². The van der Waals surface area contributed by atoms with Gasteiger partial charge in [-0.15, -0.1) is 0 Å². The van der Waals surface area contributed by atoms with E-state index in [9.17, 15) is 8.78 Å². The smallest absolute Gasteiger partial charge is 0.101 e. The second-order valence-corrected chi connectivity index (χ2v) is 2.73. The van der Waals surface area contributed by atoms with E-state index in [4.69, 9.17) is 0 Å². The molecule has 0 aliphatic carbocycles. The normalized spacial score (nSPS) is 12.8. The van der Waals surface area contributed by atoms with Crippen molar-refractivity contribution in [2.24, 2.45) is 5.41 Å². The van der Waals surface area contributed by atoms with Gasteiger partial charge in [0.05, 0.1) is 0 Å². The molecule has 0 atom stereocenters. The molecule has 0 aliphatic heterocycles. The van der Waals surface area contributed by atoms with Crippen LogP contribution in [0.15, 0.2) is 12.2 Å². The quantitative estimate of drug-likeness (QED) is 0.538. The third kappa shape index (κ3) is 2.95. The lowest BCUT2D eigenvalue weighted by Crippen LogP contribution is -2.18. The molecule has 0 amide bonds. The fourth-order valence-corrected chi connectivity index (χ4v) is 0.527. The Kier molecular flexibility index (Phi) is 4.24. The fourth-order valence-electron chi connectivity index (χ4n) is 0.527. The minimum Gasteiger partial charge on any atom is -0.250 e. The highest BCUT2D eigenvalue weighted by Crippen LogP contribution is 2.19. The molecule has 0 saturated carbocycles. The molecule has 0 rings (SSSR count). The summed E-state index contributed by atoms with van der Waals surface area (Å²) in [5, 5.41) is 0. The number of alkyl halides is 2. The van der Waals surface area contributed by atoms with Gasteiger partial charge in [-0.2, -0.15) is 0 Å². The lowest BCUT2D eigenvalue weighted by molar-refractivity contribution is 0.230. The van der Waals surface area contributed by atoms with Gasteiger partial charge in [-0.25, -0.2) is 0 Å². The Bertz CT molecular complexity index is 104. The van der Waals surface area contributed by atoms with Crippen LogP contribution in [0.5, 0.6) is 0 Å². The summed E-state index contributed by atoms with van der Waals surface area (Å²) >= 11 is 0. The predicted octanol–water partition coefficient (Wildman–Crippen LogP) is 2.90. The zero-order valence-electron chi connectivity index (χ0n) is 6.53. The van der Waals surface area contributed by atoms with Crippen LogP contribution >= 0.6 is 0 Å². The van der Waals surface area contributed by atoms with Gasteiger partial charge in [0.2, 0.25) is 0 Å². The third-order valence-corrected chi connectivity index (χ3v) is 1.37. The van der Waals surface area contributed by atoms with E-state index < -0.39 is 18.8 Å². The summed E-state index contributed by atoms with van der Waals surface area (Å²) in [7, 11) is 0. The van der Waals surface area contributed by atoms with Gasteiger partial charge < -0.3 is 0 Å². The Hall–Kier alpha value is -0.400. The maximum atomic E-state index is 12.1. The summed E-state index contributed by atoms with van der Waals surface area (Å²) in [6, 6.07) is 0. The average molecular weight is 148 g/mol. The van der Waals surface area contributed by atoms with Crippen molar-refractivity contribution in [2.45, 2.75) is 20.3 Å². The molecule has 0 aromatic carbocycles. The minimum atomic E-state index is -0.879. The molecule has 0 unspecified atom stereocenters. The summed E-state index contributed by atoms with van der Waals surface area (Å²) in [4.78, 5) is 0. The average Bonchev–Trinajstić information content (AvgIpc) is 2.00. The SMILES string of the molecule is CC/C=C/C(C)(CF)CF. The van der Waals surface area contributed by atoms with Crippen molar-refractivity contribution in [3.63, 3.8) is 0 Å². The summed E-state index contributed by atoms with van der Waals surface area (Å²) < 4.78 is 24.1. The van der Waals surface area contributed by atoms with E-state index in [-0.39, 0.29) is 0 Å². The highest BCUT2D eigenvalue weighted by Gasteiger charge is 2.19. The first-order chi connectivity index (χ1) is 4.68. The molecule has 2 heteroatoms. The van der Waals surface area contributed by atoms with Crippen LogP contribution in [-0.4, -0.2) is 13.3 Å². The number of hydrogen-bond donors (Lipinski definition) is 0. The van der Waals surface area contributed by atoms with Gasteiger partial charge in [0, 0.05) is 5.41 Å². The van der Waals surface area contributed by atoms with Crippen molar-refractivity contribution in [2.75, 3.05) is 13.3 Å². The van der Waals surface area contributed by atoms with Crippen LogP contribution in [0, 0.1) is 5.41 Å². The first kappa shape index (κ1) is 9.60. The molecule has 0 fully saturated rings. The Morgan fingerprint density at radius 2 is 1.80 bits per heavy atom. The van der Waals surface area contributed by atoms with Gasteiger partial charge in [-0.1, -0.05) is 26.0 Å². The molecule has 0 heterocycles. The predicted molar refractivity (Wildman–Crippen MR) is 39.5 cm³/mol. The van der Waals surface area contributed by atoms with E-state index in [2.05, 4.69) is 0 Å². The molecule has 0 saturated heterocycles. The monoisotopic (exact) mass is 148 g/mol. The number of hydrogen-bond acceptors (Lipinski definition) is 0. The third-order valence-electron chi connectivity index (χ3n) is 1.37. The van der Waals surface area contributed by atoms with Crippen molar-refractivity contribution in [3.8, 4) is 0 Å². The van der Waals surface area contributed by atoms with Crippen LogP contribution < -0.4 is 0 Å². The maximum Gasteiger partial charge on any atom is 0.101 e. The highest BCUT2D eigenvalue weighted by molar-refractivity contribution is 4.96. The zero-order valence-corrected chi connectivity index (χ0v) is 6.53. The van der Waals surface area contributed by atoms with Crippen LogP contribution in [-0.2, 0) is 0 Å². The van der Waals surface area contributed by atoms with E-state index in [1.807, 2.05) is 6.92 Å². The molecule has 0 aromatic rings. The molecule has 0 bridgehead atoms. The largest absolute Gasteiger partial charge is 0.250 e. The Morgan fingerprint density at radius 1 is 1.30 bits per heavy atom. The van der Waals surface area contributed by atoms with Crippen molar-refractivity contribution in [3.05, 3.63) is 12.2 Å². The standard InChI is InChI=1S/C8H14F2/c1-3-4-5-8(2,6-9)7-10/h4-5H,3,6-7H2,1-2H3/b5-4+. The fraction of sp³-hybridized carbons (Fsp3) is 0.750. The van der Waals surface area contributed by atoms with Gasteiger partial charge in [0.25, 0.3) is 0 Å². The summed E-state index contributed by atoms with van der Waals surface area (Å²) in [6.07, 6.45) is 4.22. The first-order valence-corrected chi connectivity index (χ1v) is 3.48. The summed E-state index contributed by atoms with van der Waals surface area (Å²) in [5.41, 5.74) is -0.879. The second kappa shape index (κ2) is 4.42. The van der Waals surface area contributed by atoms with Crippen molar-refractivity contribution < 1.29 is 8.78 Å². The van der Waals surface area contributed by atoms with Gasteiger partial charge in [0.15, 0.2) is 0 Å². The second-order valence-electron chi connectivity index (χ2n) is 2.73. The van der Waals surface area contributed by atoms with Gasteiger partial charge >= 0.3 is 0 Å². The van der Waals surface area contributed by atoms with E-state index >= 15 is 0 Å². The van der Waals surface area contributed by atoms with Gasteiger partial charge in [0.1, 0.15) is 13.3 Å². The topological polar surface area (TPSA) is 0 Å². The van der Waals surface area contributed by atoms with Crippen LogP contribution in [0.3, 0.4) is 0 Å².